The summed E-state index contributed by atoms with van der Waals surface area (Å²) >= 11 is 0. The van der Waals surface area contributed by atoms with Gasteiger partial charge in [0.25, 0.3) is 10.1 Å². The molecule has 1 amide bonds. The second-order valence-corrected chi connectivity index (χ2v) is 14.0. The highest BCUT2D eigenvalue weighted by molar-refractivity contribution is 7.85. The lowest BCUT2D eigenvalue weighted by Crippen LogP contribution is -2.46. The summed E-state index contributed by atoms with van der Waals surface area (Å²) in [6.45, 7) is 4.44. The maximum absolute atomic E-state index is 12.4. The smallest absolute Gasteiger partial charge is 0.267 e. The second kappa shape index (κ2) is 30.8. The molecule has 0 heterocycles. The van der Waals surface area contributed by atoms with Gasteiger partial charge in [0.1, 0.15) is 0 Å². The van der Waals surface area contributed by atoms with Gasteiger partial charge in [-0.1, -0.05) is 160 Å². The van der Waals surface area contributed by atoms with E-state index in [0.717, 1.165) is 64.2 Å². The SMILES string of the molecule is CCC/C=C\CCCCCCCC(=O)NC(CS(=O)(=O)O)C(O)/C=C/CCCCCCCCCCCCCCCCCC. The molecule has 0 saturated carbocycles. The molecule has 2 atom stereocenters. The number of allylic oxidation sites excluding steroid dienone is 3. The van der Waals surface area contributed by atoms with Crippen LogP contribution in [0.15, 0.2) is 24.3 Å². The van der Waals surface area contributed by atoms with Gasteiger partial charge in [-0.15, -0.1) is 0 Å². The maximum atomic E-state index is 12.4. The summed E-state index contributed by atoms with van der Waals surface area (Å²) in [5, 5.41) is 13.1. The molecule has 0 aliphatic heterocycles. The predicted octanol–water partition coefficient (Wildman–Crippen LogP) is 10.0. The summed E-state index contributed by atoms with van der Waals surface area (Å²) < 4.78 is 32.3. The normalized spacial score (nSPS) is 13.7. The summed E-state index contributed by atoms with van der Waals surface area (Å²) in [7, 11) is -4.34. The van der Waals surface area contributed by atoms with Crippen LogP contribution >= 0.6 is 0 Å². The van der Waals surface area contributed by atoms with Crippen molar-refractivity contribution in [2.45, 2.75) is 193 Å². The molecule has 0 aromatic heterocycles. The number of nitrogens with one attached hydrogen (secondary N) is 1. The fourth-order valence-corrected chi connectivity index (χ4v) is 6.13. The zero-order valence-corrected chi connectivity index (χ0v) is 28.9. The molecular weight excluding hydrogens is 558 g/mol. The summed E-state index contributed by atoms with van der Waals surface area (Å²) in [5.41, 5.74) is 0. The minimum atomic E-state index is -4.34. The van der Waals surface area contributed by atoms with Gasteiger partial charge in [-0.05, 0) is 38.5 Å². The van der Waals surface area contributed by atoms with Crippen LogP contribution < -0.4 is 5.32 Å². The molecule has 254 valence electrons. The Balaban J connectivity index is 3.95. The minimum Gasteiger partial charge on any atom is -0.387 e. The first-order valence-corrected chi connectivity index (χ1v) is 19.6. The number of aliphatic hydroxyl groups excluding tert-OH is 1. The molecule has 7 heteroatoms. The Kier molecular flexibility index (Phi) is 30.0. The topological polar surface area (TPSA) is 104 Å². The van der Waals surface area contributed by atoms with E-state index in [-0.39, 0.29) is 12.3 Å². The highest BCUT2D eigenvalue weighted by Crippen LogP contribution is 2.14. The van der Waals surface area contributed by atoms with E-state index in [9.17, 15) is 22.9 Å². The number of aliphatic hydroxyl groups is 1. The van der Waals surface area contributed by atoms with Crippen LogP contribution in [0.5, 0.6) is 0 Å². The molecule has 6 nitrogen and oxygen atoms in total. The highest BCUT2D eigenvalue weighted by atomic mass is 32.2. The van der Waals surface area contributed by atoms with Gasteiger partial charge in [0.2, 0.25) is 5.91 Å². The lowest BCUT2D eigenvalue weighted by Gasteiger charge is -2.21. The number of rotatable bonds is 32. The van der Waals surface area contributed by atoms with Gasteiger partial charge >= 0.3 is 0 Å². The third-order valence-corrected chi connectivity index (χ3v) is 8.88. The second-order valence-electron chi connectivity index (χ2n) is 12.5. The summed E-state index contributed by atoms with van der Waals surface area (Å²) in [6.07, 6.45) is 37.4. The molecule has 0 aliphatic rings. The Morgan fingerprint density at radius 1 is 0.605 bits per heavy atom. The van der Waals surface area contributed by atoms with Crippen molar-refractivity contribution < 1.29 is 22.9 Å². The molecule has 0 bridgehead atoms. The van der Waals surface area contributed by atoms with Crippen LogP contribution in [0.1, 0.15) is 181 Å². The van der Waals surface area contributed by atoms with Crippen molar-refractivity contribution in [2.24, 2.45) is 0 Å². The number of carbonyl (C=O) groups excluding carboxylic acids is 1. The van der Waals surface area contributed by atoms with Crippen molar-refractivity contribution >= 4 is 16.0 Å². The summed E-state index contributed by atoms with van der Waals surface area (Å²) in [5.74, 6) is -0.990. The zero-order chi connectivity index (χ0) is 31.9. The fourth-order valence-electron chi connectivity index (χ4n) is 5.39. The molecule has 0 fully saturated rings. The van der Waals surface area contributed by atoms with E-state index >= 15 is 0 Å². The Morgan fingerprint density at radius 2 is 1.02 bits per heavy atom. The van der Waals surface area contributed by atoms with Crippen molar-refractivity contribution in [3.8, 4) is 0 Å². The third kappa shape index (κ3) is 32.0. The standard InChI is InChI=1S/C36H69NO5S/c1-3-5-7-9-11-13-15-16-17-18-19-20-21-22-23-25-27-29-31-35(38)34(33-43(40,41)42)37-36(39)32-30-28-26-24-14-12-10-8-6-4-2/h8,10,29,31,34-35,38H,3-7,9,11-28,30,32-33H2,1-2H3,(H,37,39)(H,40,41,42)/b10-8-,31-29+. The van der Waals surface area contributed by atoms with Gasteiger partial charge in [-0.25, -0.2) is 0 Å². The quantitative estimate of drug-likeness (QED) is 0.0391. The number of hydrogen-bond donors (Lipinski definition) is 3. The van der Waals surface area contributed by atoms with Crippen molar-refractivity contribution in [3.63, 3.8) is 0 Å². The van der Waals surface area contributed by atoms with Gasteiger partial charge in [0, 0.05) is 6.42 Å². The van der Waals surface area contributed by atoms with Gasteiger partial charge in [-0.2, -0.15) is 8.42 Å². The van der Waals surface area contributed by atoms with Crippen LogP contribution in [0.25, 0.3) is 0 Å². The summed E-state index contributed by atoms with van der Waals surface area (Å²) in [4.78, 5) is 12.4. The minimum absolute atomic E-state index is 0.286. The van der Waals surface area contributed by atoms with Crippen molar-refractivity contribution in [1.29, 1.82) is 0 Å². The number of amides is 1. The Morgan fingerprint density at radius 3 is 1.49 bits per heavy atom. The maximum Gasteiger partial charge on any atom is 0.267 e. The number of hydrogen-bond acceptors (Lipinski definition) is 4. The Labute approximate surface area is 266 Å². The molecule has 0 aromatic carbocycles. The predicted molar refractivity (Wildman–Crippen MR) is 184 cm³/mol. The van der Waals surface area contributed by atoms with Gasteiger partial charge in [-0.3, -0.25) is 9.35 Å². The van der Waals surface area contributed by atoms with Crippen LogP contribution in [0.3, 0.4) is 0 Å². The molecule has 2 unspecified atom stereocenters. The average Bonchev–Trinajstić information content (AvgIpc) is 2.96. The first kappa shape index (κ1) is 41.8. The molecule has 0 radical (unpaired) electrons. The van der Waals surface area contributed by atoms with Gasteiger partial charge in [0.05, 0.1) is 17.9 Å². The van der Waals surface area contributed by atoms with E-state index in [4.69, 9.17) is 0 Å². The number of unbranched alkanes of at least 4 members (excludes halogenated alkanes) is 22. The van der Waals surface area contributed by atoms with Crippen molar-refractivity contribution in [3.05, 3.63) is 24.3 Å². The molecule has 0 saturated heterocycles. The van der Waals surface area contributed by atoms with E-state index in [2.05, 4.69) is 31.3 Å². The highest BCUT2D eigenvalue weighted by Gasteiger charge is 2.24. The molecule has 3 N–H and O–H groups in total. The van der Waals surface area contributed by atoms with E-state index in [1.165, 1.54) is 96.3 Å². The molecular formula is C36H69NO5S. The average molecular weight is 628 g/mol. The monoisotopic (exact) mass is 627 g/mol. The molecule has 43 heavy (non-hydrogen) atoms. The Bertz CT molecular complexity index is 781. The van der Waals surface area contributed by atoms with Crippen LogP contribution in [0.2, 0.25) is 0 Å². The van der Waals surface area contributed by atoms with Crippen LogP contribution in [-0.2, 0) is 14.9 Å². The zero-order valence-electron chi connectivity index (χ0n) is 28.1. The lowest BCUT2D eigenvalue weighted by molar-refractivity contribution is -0.122. The van der Waals surface area contributed by atoms with E-state index in [0.29, 0.717) is 0 Å². The van der Waals surface area contributed by atoms with E-state index in [1.807, 2.05) is 6.08 Å². The van der Waals surface area contributed by atoms with Crippen LogP contribution in [0.4, 0.5) is 0 Å². The van der Waals surface area contributed by atoms with Gasteiger partial charge in [0.15, 0.2) is 0 Å². The number of carbonyl (C=O) groups is 1. The first-order valence-electron chi connectivity index (χ1n) is 18.0. The lowest BCUT2D eigenvalue weighted by atomic mass is 10.0. The molecule has 0 spiro atoms. The van der Waals surface area contributed by atoms with Crippen LogP contribution in [0, 0.1) is 0 Å². The van der Waals surface area contributed by atoms with E-state index in [1.54, 1.807) is 6.08 Å². The Hall–Kier alpha value is -1.18. The van der Waals surface area contributed by atoms with Crippen LogP contribution in [-0.4, -0.2) is 41.9 Å². The largest absolute Gasteiger partial charge is 0.387 e. The van der Waals surface area contributed by atoms with Crippen molar-refractivity contribution in [1.82, 2.24) is 5.32 Å². The van der Waals surface area contributed by atoms with E-state index < -0.39 is 28.0 Å². The molecule has 0 aromatic rings. The molecule has 0 aliphatic carbocycles. The fraction of sp³-hybridized carbons (Fsp3) is 0.861. The van der Waals surface area contributed by atoms with Crippen molar-refractivity contribution in [2.75, 3.05) is 5.75 Å². The summed E-state index contributed by atoms with van der Waals surface area (Å²) in [6, 6.07) is -1.06. The van der Waals surface area contributed by atoms with Gasteiger partial charge < -0.3 is 10.4 Å². The first-order chi connectivity index (χ1) is 20.8. The third-order valence-electron chi connectivity index (χ3n) is 8.10. The molecule has 0 rings (SSSR count).